The third-order valence-corrected chi connectivity index (χ3v) is 7.89. The quantitative estimate of drug-likeness (QED) is 0.476. The number of carbonyl (C=O) groups is 1. The van der Waals surface area contributed by atoms with E-state index in [2.05, 4.69) is 9.97 Å². The van der Waals surface area contributed by atoms with Gasteiger partial charge in [0.1, 0.15) is 5.82 Å². The minimum absolute atomic E-state index is 0.0858. The Balaban J connectivity index is 1.43. The molecule has 180 valence electrons. The Morgan fingerprint density at radius 2 is 1.70 bits per heavy atom. The molecule has 0 radical (unpaired) electrons. The average Bonchev–Trinajstić information content (AvgIpc) is 3.68. The summed E-state index contributed by atoms with van der Waals surface area (Å²) in [5.74, 6) is -8.96. The van der Waals surface area contributed by atoms with Gasteiger partial charge in [-0.25, -0.2) is 13.8 Å². The van der Waals surface area contributed by atoms with Crippen molar-refractivity contribution in [2.75, 3.05) is 0 Å². The summed E-state index contributed by atoms with van der Waals surface area (Å²) in [6.45, 7) is 0. The van der Waals surface area contributed by atoms with E-state index in [9.17, 15) is 22.4 Å². The first-order valence-corrected chi connectivity index (χ1v) is 11.9. The van der Waals surface area contributed by atoms with Gasteiger partial charge in [-0.1, -0.05) is 6.07 Å². The number of H-pyrrole nitrogens is 1. The summed E-state index contributed by atoms with van der Waals surface area (Å²) in [6, 6.07) is 4.95. The minimum Gasteiger partial charge on any atom is -0.364 e. The highest BCUT2D eigenvalue weighted by molar-refractivity contribution is 5.82. The molecule has 5 N–H and O–H groups in total. The van der Waals surface area contributed by atoms with Gasteiger partial charge in [-0.15, -0.1) is 0 Å². The van der Waals surface area contributed by atoms with Gasteiger partial charge in [0.25, 0.3) is 5.91 Å². The number of benzene rings is 1. The smallest absolute Gasteiger partial charge is 0.327 e. The molecule has 1 aromatic heterocycles. The normalized spacial score (nSPS) is 24.5. The largest absolute Gasteiger partial charge is 0.364 e. The van der Waals surface area contributed by atoms with Crippen molar-refractivity contribution in [3.63, 3.8) is 0 Å². The van der Waals surface area contributed by atoms with Crippen molar-refractivity contribution in [1.82, 2.24) is 9.97 Å². The Morgan fingerprint density at radius 1 is 1.06 bits per heavy atom. The van der Waals surface area contributed by atoms with Crippen LogP contribution in [0.3, 0.4) is 0 Å². The van der Waals surface area contributed by atoms with Crippen LogP contribution in [0.2, 0.25) is 0 Å². The SMILES string of the molecule is NC(=O)C(F)(F)C(C1CC1)[C@H](c1ccc2nc([C@@H](N)C3CCC(F)(F)CC3)[nH]c2c1)C1CC1. The maximum absolute atomic E-state index is 14.9. The number of aromatic nitrogens is 2. The minimum atomic E-state index is -3.56. The van der Waals surface area contributed by atoms with E-state index >= 15 is 0 Å². The van der Waals surface area contributed by atoms with E-state index in [0.717, 1.165) is 18.4 Å². The molecule has 3 saturated carbocycles. The summed E-state index contributed by atoms with van der Waals surface area (Å²) < 4.78 is 56.9. The van der Waals surface area contributed by atoms with Crippen LogP contribution in [0.1, 0.15) is 74.7 Å². The number of rotatable bonds is 8. The van der Waals surface area contributed by atoms with E-state index in [-0.39, 0.29) is 30.6 Å². The van der Waals surface area contributed by atoms with Crippen molar-refractivity contribution < 1.29 is 22.4 Å². The number of hydrogen-bond acceptors (Lipinski definition) is 3. The van der Waals surface area contributed by atoms with Gasteiger partial charge in [0.15, 0.2) is 0 Å². The number of alkyl halides is 4. The van der Waals surface area contributed by atoms with Crippen molar-refractivity contribution in [2.24, 2.45) is 35.1 Å². The molecule has 3 aliphatic carbocycles. The molecule has 0 spiro atoms. The molecule has 0 saturated heterocycles. The molecular formula is C24H30F4N4O. The molecule has 1 aromatic carbocycles. The van der Waals surface area contributed by atoms with Crippen molar-refractivity contribution >= 4 is 16.9 Å². The number of imidazole rings is 1. The zero-order valence-electron chi connectivity index (χ0n) is 18.4. The zero-order chi connectivity index (χ0) is 23.5. The van der Waals surface area contributed by atoms with Gasteiger partial charge in [-0.2, -0.15) is 8.78 Å². The lowest BCUT2D eigenvalue weighted by Crippen LogP contribution is -2.46. The predicted molar refractivity (Wildman–Crippen MR) is 116 cm³/mol. The number of nitrogens with zero attached hydrogens (tertiary/aromatic N) is 1. The Morgan fingerprint density at radius 3 is 2.27 bits per heavy atom. The molecular weight excluding hydrogens is 436 g/mol. The predicted octanol–water partition coefficient (Wildman–Crippen LogP) is 5.03. The highest BCUT2D eigenvalue weighted by Crippen LogP contribution is 2.58. The number of primary amides is 1. The van der Waals surface area contributed by atoms with E-state index in [1.165, 1.54) is 0 Å². The number of halogens is 4. The fraction of sp³-hybridized carbons (Fsp3) is 0.667. The molecule has 3 atom stereocenters. The Kier molecular flexibility index (Phi) is 5.46. The summed E-state index contributed by atoms with van der Waals surface area (Å²) >= 11 is 0. The topological polar surface area (TPSA) is 97.8 Å². The Labute approximate surface area is 189 Å². The molecule has 1 amide bonds. The maximum atomic E-state index is 14.9. The van der Waals surface area contributed by atoms with E-state index in [0.29, 0.717) is 42.5 Å². The second-order valence-corrected chi connectivity index (χ2v) is 10.3. The first kappa shape index (κ1) is 22.6. The third-order valence-electron chi connectivity index (χ3n) is 7.89. The number of aromatic amines is 1. The molecule has 1 heterocycles. The molecule has 0 aliphatic heterocycles. The highest BCUT2D eigenvalue weighted by Gasteiger charge is 2.58. The first-order chi connectivity index (χ1) is 15.6. The number of nitrogens with one attached hydrogen (secondary N) is 1. The van der Waals surface area contributed by atoms with E-state index in [1.807, 2.05) is 12.1 Å². The van der Waals surface area contributed by atoms with Gasteiger partial charge in [-0.3, -0.25) is 4.79 Å². The van der Waals surface area contributed by atoms with E-state index < -0.39 is 35.6 Å². The molecule has 1 unspecified atom stereocenters. The van der Waals surface area contributed by atoms with Crippen LogP contribution in [-0.4, -0.2) is 27.7 Å². The summed E-state index contributed by atoms with van der Waals surface area (Å²) in [5.41, 5.74) is 13.6. The Hall–Kier alpha value is -2.16. The molecule has 2 aromatic rings. The number of carbonyl (C=O) groups excluding carboxylic acids is 1. The van der Waals surface area contributed by atoms with Crippen molar-refractivity contribution in [2.45, 2.75) is 75.2 Å². The van der Waals surface area contributed by atoms with Crippen molar-refractivity contribution in [3.05, 3.63) is 29.6 Å². The Bertz CT molecular complexity index is 1040. The fourth-order valence-corrected chi connectivity index (χ4v) is 5.72. The second-order valence-electron chi connectivity index (χ2n) is 10.3. The average molecular weight is 467 g/mol. The second kappa shape index (κ2) is 7.96. The third kappa shape index (κ3) is 4.36. The van der Waals surface area contributed by atoms with Crippen molar-refractivity contribution in [3.8, 4) is 0 Å². The molecule has 3 aliphatic rings. The van der Waals surface area contributed by atoms with Crippen LogP contribution in [-0.2, 0) is 4.79 Å². The van der Waals surface area contributed by atoms with Gasteiger partial charge in [0, 0.05) is 18.8 Å². The lowest BCUT2D eigenvalue weighted by molar-refractivity contribution is -0.154. The first-order valence-electron chi connectivity index (χ1n) is 11.9. The van der Waals surface area contributed by atoms with Crippen molar-refractivity contribution in [1.29, 1.82) is 0 Å². The standard InChI is InChI=1S/C24H30F4N4O/c25-23(26)9-7-14(8-10-23)20(29)21-31-16-6-5-15(11-17(16)32-21)18(12-1-2-12)19(13-3-4-13)24(27,28)22(30)33/h5-6,11-14,18-20H,1-4,7-10,29H2,(H2,30,33)(H,31,32)/t18-,19?,20-/m0/s1. The monoisotopic (exact) mass is 466 g/mol. The van der Waals surface area contributed by atoms with Crippen LogP contribution in [0.4, 0.5) is 17.6 Å². The summed E-state index contributed by atoms with van der Waals surface area (Å²) in [5, 5.41) is 0. The molecule has 3 fully saturated rings. The van der Waals surface area contributed by atoms with E-state index in [4.69, 9.17) is 11.5 Å². The van der Waals surface area contributed by atoms with Gasteiger partial charge >= 0.3 is 5.92 Å². The number of nitrogens with two attached hydrogens (primary N) is 2. The fourth-order valence-electron chi connectivity index (χ4n) is 5.72. The summed E-state index contributed by atoms with van der Waals surface area (Å²) in [6.07, 6.45) is 3.41. The van der Waals surface area contributed by atoms with Gasteiger partial charge < -0.3 is 16.5 Å². The maximum Gasteiger partial charge on any atom is 0.327 e. The van der Waals surface area contributed by atoms with Crippen LogP contribution >= 0.6 is 0 Å². The van der Waals surface area contributed by atoms with Crippen LogP contribution in [0.25, 0.3) is 11.0 Å². The van der Waals surface area contributed by atoms with Crippen LogP contribution in [0.5, 0.6) is 0 Å². The summed E-state index contributed by atoms with van der Waals surface area (Å²) in [4.78, 5) is 19.4. The molecule has 5 rings (SSSR count). The zero-order valence-corrected chi connectivity index (χ0v) is 18.4. The van der Waals surface area contributed by atoms with Crippen LogP contribution in [0, 0.1) is 23.7 Å². The van der Waals surface area contributed by atoms with Gasteiger partial charge in [0.2, 0.25) is 5.92 Å². The summed E-state index contributed by atoms with van der Waals surface area (Å²) in [7, 11) is 0. The van der Waals surface area contributed by atoms with E-state index in [1.54, 1.807) is 6.07 Å². The number of amides is 1. The number of hydrogen-bond donors (Lipinski definition) is 3. The molecule has 33 heavy (non-hydrogen) atoms. The molecule has 9 heteroatoms. The molecule has 5 nitrogen and oxygen atoms in total. The van der Waals surface area contributed by atoms with Crippen LogP contribution < -0.4 is 11.5 Å². The lowest BCUT2D eigenvalue weighted by Gasteiger charge is -2.32. The van der Waals surface area contributed by atoms with Crippen LogP contribution in [0.15, 0.2) is 18.2 Å². The number of fused-ring (bicyclic) bond motifs is 1. The molecule has 0 bridgehead atoms. The lowest BCUT2D eigenvalue weighted by atomic mass is 9.75. The van der Waals surface area contributed by atoms with Gasteiger partial charge in [0.05, 0.1) is 17.1 Å². The van der Waals surface area contributed by atoms with Gasteiger partial charge in [-0.05, 0) is 79.9 Å². The highest BCUT2D eigenvalue weighted by atomic mass is 19.3.